The molecule has 2 aliphatic heterocycles. The first-order chi connectivity index (χ1) is 14.8. The predicted molar refractivity (Wildman–Crippen MR) is 138 cm³/mol. The number of anilines is 2. The first kappa shape index (κ1) is 23.5. The number of para-hydroxylation sites is 1. The van der Waals surface area contributed by atoms with Crippen molar-refractivity contribution < 1.29 is 0 Å². The number of guanidine groups is 1. The molecular weight excluding hydrogens is 503 g/mol. The molecule has 2 aliphatic rings. The Kier molecular flexibility index (Phi) is 9.13. The molecule has 1 aromatic carbocycles. The van der Waals surface area contributed by atoms with Crippen LogP contribution < -0.4 is 20.4 Å². The van der Waals surface area contributed by atoms with Gasteiger partial charge in [-0.1, -0.05) is 18.2 Å². The van der Waals surface area contributed by atoms with Crippen molar-refractivity contribution in [2.45, 2.75) is 12.5 Å². The van der Waals surface area contributed by atoms with Gasteiger partial charge < -0.3 is 20.4 Å². The Morgan fingerprint density at radius 1 is 1.00 bits per heavy atom. The second kappa shape index (κ2) is 12.0. The summed E-state index contributed by atoms with van der Waals surface area (Å²) < 4.78 is 0. The Bertz CT molecular complexity index is 796. The highest BCUT2D eigenvalue weighted by Gasteiger charge is 2.23. The van der Waals surface area contributed by atoms with Crippen molar-refractivity contribution >= 4 is 41.6 Å². The fourth-order valence-corrected chi connectivity index (χ4v) is 4.10. The normalized spacial score (nSPS) is 19.8. The molecular formula is C22H33IN8. The maximum absolute atomic E-state index is 4.42. The third kappa shape index (κ3) is 6.67. The molecule has 0 radical (unpaired) electrons. The van der Waals surface area contributed by atoms with Crippen molar-refractivity contribution in [1.82, 2.24) is 25.5 Å². The molecule has 1 aromatic heterocycles. The summed E-state index contributed by atoms with van der Waals surface area (Å²) in [4.78, 5) is 20.3. The van der Waals surface area contributed by atoms with Gasteiger partial charge >= 0.3 is 0 Å². The molecule has 2 fully saturated rings. The molecule has 2 N–H and O–H groups in total. The Labute approximate surface area is 202 Å². The van der Waals surface area contributed by atoms with Crippen molar-refractivity contribution in [3.63, 3.8) is 0 Å². The van der Waals surface area contributed by atoms with E-state index in [2.05, 4.69) is 70.6 Å². The van der Waals surface area contributed by atoms with Crippen LogP contribution in [0.1, 0.15) is 6.42 Å². The van der Waals surface area contributed by atoms with Gasteiger partial charge in [-0.05, 0) is 24.6 Å². The minimum atomic E-state index is 0. The molecule has 1 unspecified atom stereocenters. The maximum Gasteiger partial charge on any atom is 0.225 e. The van der Waals surface area contributed by atoms with E-state index in [-0.39, 0.29) is 24.0 Å². The third-order valence-electron chi connectivity index (χ3n) is 5.80. The summed E-state index contributed by atoms with van der Waals surface area (Å²) in [5.74, 6) is 1.73. The van der Waals surface area contributed by atoms with E-state index in [9.17, 15) is 0 Å². The van der Waals surface area contributed by atoms with Crippen LogP contribution in [0.3, 0.4) is 0 Å². The van der Waals surface area contributed by atoms with Gasteiger partial charge in [0.05, 0.1) is 0 Å². The first-order valence-electron chi connectivity index (χ1n) is 10.8. The van der Waals surface area contributed by atoms with Crippen LogP contribution in [0.2, 0.25) is 0 Å². The molecule has 0 aliphatic carbocycles. The quantitative estimate of drug-likeness (QED) is 0.331. The van der Waals surface area contributed by atoms with Gasteiger partial charge in [-0.2, -0.15) is 0 Å². The predicted octanol–water partition coefficient (Wildman–Crippen LogP) is 1.66. The van der Waals surface area contributed by atoms with Crippen molar-refractivity contribution in [3.8, 4) is 0 Å². The second-order valence-corrected chi connectivity index (χ2v) is 7.79. The molecule has 4 rings (SSSR count). The lowest BCUT2D eigenvalue weighted by Gasteiger charge is -2.34. The van der Waals surface area contributed by atoms with E-state index >= 15 is 0 Å². The summed E-state index contributed by atoms with van der Waals surface area (Å²) in [6, 6.07) is 12.9. The van der Waals surface area contributed by atoms with Gasteiger partial charge in [0.25, 0.3) is 0 Å². The highest BCUT2D eigenvalue weighted by atomic mass is 127. The fraction of sp³-hybridized carbons (Fsp3) is 0.500. The molecule has 1 atom stereocenters. The van der Waals surface area contributed by atoms with E-state index in [0.29, 0.717) is 6.04 Å². The van der Waals surface area contributed by atoms with E-state index in [0.717, 1.165) is 70.7 Å². The molecule has 3 heterocycles. The molecule has 2 saturated heterocycles. The third-order valence-corrected chi connectivity index (χ3v) is 5.80. The van der Waals surface area contributed by atoms with Gasteiger partial charge in [0.1, 0.15) is 0 Å². The van der Waals surface area contributed by atoms with Crippen LogP contribution in [-0.4, -0.2) is 86.3 Å². The van der Waals surface area contributed by atoms with Gasteiger partial charge in [-0.25, -0.2) is 9.97 Å². The minimum Gasteiger partial charge on any atom is -0.369 e. The molecule has 31 heavy (non-hydrogen) atoms. The lowest BCUT2D eigenvalue weighted by Crippen LogP contribution is -2.50. The smallest absolute Gasteiger partial charge is 0.225 e. The fourth-order valence-electron chi connectivity index (χ4n) is 4.10. The van der Waals surface area contributed by atoms with E-state index in [4.69, 9.17) is 0 Å². The summed E-state index contributed by atoms with van der Waals surface area (Å²) in [5, 5.41) is 7.07. The van der Waals surface area contributed by atoms with Crippen LogP contribution in [0.15, 0.2) is 53.8 Å². The average molecular weight is 536 g/mol. The molecule has 0 amide bonds. The highest BCUT2D eigenvalue weighted by molar-refractivity contribution is 14.0. The molecule has 168 valence electrons. The van der Waals surface area contributed by atoms with Crippen LogP contribution >= 0.6 is 24.0 Å². The largest absolute Gasteiger partial charge is 0.369 e. The lowest BCUT2D eigenvalue weighted by atomic mass is 10.2. The van der Waals surface area contributed by atoms with Gasteiger partial charge in [-0.15, -0.1) is 24.0 Å². The topological polar surface area (TPSA) is 71.9 Å². The average Bonchev–Trinajstić information content (AvgIpc) is 3.28. The zero-order valence-corrected chi connectivity index (χ0v) is 20.5. The maximum atomic E-state index is 4.42. The number of hydrogen-bond donors (Lipinski definition) is 2. The van der Waals surface area contributed by atoms with E-state index in [1.807, 2.05) is 13.1 Å². The number of aliphatic imine (C=N–C) groups is 1. The SMILES string of the molecule is CN=C(NCCN1CCN(c2ncccn2)CC1)NC1CCN(c2ccccc2)C1.I. The molecule has 0 bridgehead atoms. The number of rotatable bonds is 6. The number of piperazine rings is 1. The molecule has 2 aromatic rings. The number of benzene rings is 1. The Hall–Kier alpha value is -2.14. The zero-order chi connectivity index (χ0) is 20.6. The second-order valence-electron chi connectivity index (χ2n) is 7.79. The Morgan fingerprint density at radius 2 is 1.74 bits per heavy atom. The minimum absolute atomic E-state index is 0. The number of aromatic nitrogens is 2. The molecule has 8 nitrogen and oxygen atoms in total. The van der Waals surface area contributed by atoms with E-state index in [1.165, 1.54) is 5.69 Å². The summed E-state index contributed by atoms with van der Waals surface area (Å²) in [6.45, 7) is 7.97. The summed E-state index contributed by atoms with van der Waals surface area (Å²) in [7, 11) is 1.85. The number of hydrogen-bond acceptors (Lipinski definition) is 6. The van der Waals surface area contributed by atoms with Gasteiger partial charge in [0.2, 0.25) is 5.95 Å². The van der Waals surface area contributed by atoms with Gasteiger partial charge in [0.15, 0.2) is 5.96 Å². The van der Waals surface area contributed by atoms with Gasteiger partial charge in [0, 0.05) is 83.5 Å². The Balaban J connectivity index is 0.00000272. The first-order valence-corrected chi connectivity index (χ1v) is 10.8. The molecule has 0 saturated carbocycles. The number of halogens is 1. The zero-order valence-electron chi connectivity index (χ0n) is 18.2. The van der Waals surface area contributed by atoms with Crippen molar-refractivity contribution in [1.29, 1.82) is 0 Å². The van der Waals surface area contributed by atoms with Crippen molar-refractivity contribution in [2.24, 2.45) is 4.99 Å². The Morgan fingerprint density at radius 3 is 2.45 bits per heavy atom. The number of nitrogens with one attached hydrogen (secondary N) is 2. The van der Waals surface area contributed by atoms with E-state index < -0.39 is 0 Å². The summed E-state index contributed by atoms with van der Waals surface area (Å²) >= 11 is 0. The summed E-state index contributed by atoms with van der Waals surface area (Å²) in [5.41, 5.74) is 1.30. The van der Waals surface area contributed by atoms with Crippen LogP contribution in [0, 0.1) is 0 Å². The molecule has 9 heteroatoms. The monoisotopic (exact) mass is 536 g/mol. The van der Waals surface area contributed by atoms with Crippen molar-refractivity contribution in [3.05, 3.63) is 48.8 Å². The highest BCUT2D eigenvalue weighted by Crippen LogP contribution is 2.19. The van der Waals surface area contributed by atoms with E-state index in [1.54, 1.807) is 12.4 Å². The van der Waals surface area contributed by atoms with Crippen LogP contribution in [0.25, 0.3) is 0 Å². The van der Waals surface area contributed by atoms with Gasteiger partial charge in [-0.3, -0.25) is 9.89 Å². The standard InChI is InChI=1S/C22H32N8.HI/c1-23-21(27-19-8-12-30(18-19)20-6-3-2-4-7-20)24-11-13-28-14-16-29(17-15-28)22-25-9-5-10-26-22;/h2-7,9-10,19H,8,11-18H2,1H3,(H2,23,24,27);1H. The summed E-state index contributed by atoms with van der Waals surface area (Å²) in [6.07, 6.45) is 4.74. The molecule has 0 spiro atoms. The lowest BCUT2D eigenvalue weighted by molar-refractivity contribution is 0.260. The van der Waals surface area contributed by atoms with Crippen LogP contribution in [0.4, 0.5) is 11.6 Å². The van der Waals surface area contributed by atoms with Crippen LogP contribution in [-0.2, 0) is 0 Å². The van der Waals surface area contributed by atoms with Crippen molar-refractivity contribution in [2.75, 3.05) is 69.2 Å². The number of nitrogens with zero attached hydrogens (tertiary/aromatic N) is 6. The van der Waals surface area contributed by atoms with Crippen LogP contribution in [0.5, 0.6) is 0 Å².